The number of halogens is 3. The predicted molar refractivity (Wildman–Crippen MR) is 143 cm³/mol. The lowest BCUT2D eigenvalue weighted by molar-refractivity contribution is -0.149. The summed E-state index contributed by atoms with van der Waals surface area (Å²) in [5.41, 5.74) is -0.266. The third-order valence-corrected chi connectivity index (χ3v) is 8.01. The van der Waals surface area contributed by atoms with Gasteiger partial charge in [-0.1, -0.05) is 30.3 Å². The summed E-state index contributed by atoms with van der Waals surface area (Å²) in [6, 6.07) is 12.6. The number of amides is 1. The number of methoxy groups -OCH3 is 1. The van der Waals surface area contributed by atoms with Crippen LogP contribution in [0.2, 0.25) is 0 Å². The summed E-state index contributed by atoms with van der Waals surface area (Å²) in [5.74, 6) is -1.36. The molecule has 216 valence electrons. The first-order chi connectivity index (χ1) is 19.6. The zero-order valence-electron chi connectivity index (χ0n) is 22.4. The Labute approximate surface area is 234 Å². The van der Waals surface area contributed by atoms with Crippen molar-refractivity contribution in [3.05, 3.63) is 77.4 Å². The summed E-state index contributed by atoms with van der Waals surface area (Å²) in [6.45, 7) is 0.863. The van der Waals surface area contributed by atoms with Gasteiger partial charge in [-0.2, -0.15) is 13.2 Å². The number of benzene rings is 1. The highest BCUT2D eigenvalue weighted by molar-refractivity contribution is 5.81. The molecule has 0 radical (unpaired) electrons. The largest absolute Gasteiger partial charge is 0.469 e. The van der Waals surface area contributed by atoms with E-state index >= 15 is 0 Å². The van der Waals surface area contributed by atoms with Gasteiger partial charge in [-0.15, -0.1) is 0 Å². The van der Waals surface area contributed by atoms with Crippen LogP contribution in [0, 0.1) is 5.41 Å². The first-order valence-electron chi connectivity index (χ1n) is 13.4. The molecule has 1 amide bonds. The molecule has 2 aliphatic rings. The average Bonchev–Trinajstić information content (AvgIpc) is 3.78. The van der Waals surface area contributed by atoms with Crippen LogP contribution in [-0.4, -0.2) is 57.2 Å². The fraction of sp³-hybridized carbons (Fsp3) is 0.414. The number of alkyl halides is 3. The maximum atomic E-state index is 14.2. The van der Waals surface area contributed by atoms with E-state index in [4.69, 9.17) is 9.84 Å². The van der Waals surface area contributed by atoms with Gasteiger partial charge in [0.25, 0.3) is 0 Å². The van der Waals surface area contributed by atoms with Gasteiger partial charge in [-0.25, -0.2) is 14.8 Å². The molecule has 41 heavy (non-hydrogen) atoms. The molecular formula is C29H30F3N5O4. The third-order valence-electron chi connectivity index (χ3n) is 8.01. The minimum atomic E-state index is -4.73. The molecule has 1 unspecified atom stereocenters. The number of pyridine rings is 1. The van der Waals surface area contributed by atoms with E-state index in [9.17, 15) is 22.8 Å². The Bertz CT molecular complexity index is 1390. The Morgan fingerprint density at radius 1 is 1.10 bits per heavy atom. The van der Waals surface area contributed by atoms with Crippen LogP contribution in [0.25, 0.3) is 0 Å². The van der Waals surface area contributed by atoms with Gasteiger partial charge in [0, 0.05) is 36.8 Å². The molecule has 1 aliphatic heterocycles. The quantitative estimate of drug-likeness (QED) is 0.329. The first kappa shape index (κ1) is 28.3. The van der Waals surface area contributed by atoms with Crippen molar-refractivity contribution in [1.29, 1.82) is 0 Å². The number of carbonyl (C=O) groups is 2. The highest BCUT2D eigenvalue weighted by Gasteiger charge is 2.59. The number of carboxylic acid groups (broad SMARTS) is 1. The zero-order chi connectivity index (χ0) is 29.2. The molecule has 3 aromatic rings. The number of aromatic nitrogens is 3. The van der Waals surface area contributed by atoms with E-state index in [0.717, 1.165) is 17.5 Å². The Morgan fingerprint density at radius 2 is 1.80 bits per heavy atom. The number of hydrogen-bond donors (Lipinski definition) is 2. The number of anilines is 2. The van der Waals surface area contributed by atoms with Crippen LogP contribution in [0.3, 0.4) is 0 Å². The van der Waals surface area contributed by atoms with Crippen molar-refractivity contribution < 1.29 is 32.6 Å². The maximum Gasteiger partial charge on any atom is 0.419 e. The highest BCUT2D eigenvalue weighted by Crippen LogP contribution is 2.59. The van der Waals surface area contributed by atoms with Crippen molar-refractivity contribution in [1.82, 2.24) is 19.9 Å². The highest BCUT2D eigenvalue weighted by atomic mass is 19.4. The van der Waals surface area contributed by atoms with E-state index < -0.39 is 35.1 Å². The number of likely N-dealkylation sites (tertiary alicyclic amines) is 1. The Kier molecular flexibility index (Phi) is 7.83. The van der Waals surface area contributed by atoms with E-state index in [1.165, 1.54) is 12.0 Å². The van der Waals surface area contributed by atoms with Crippen LogP contribution in [-0.2, 0) is 22.1 Å². The van der Waals surface area contributed by atoms with Crippen molar-refractivity contribution in [3.63, 3.8) is 0 Å². The number of piperidine rings is 1. The van der Waals surface area contributed by atoms with Gasteiger partial charge in [-0.3, -0.25) is 9.78 Å². The second kappa shape index (κ2) is 11.3. The SMILES string of the molecule is COC(=O)C1(C(Cc2ccccc2)c2nc(Nc3ccc(C4CCN(C(=O)O)CC4)nc3)ncc2C(F)(F)F)CC1. The van der Waals surface area contributed by atoms with Crippen LogP contribution >= 0.6 is 0 Å². The van der Waals surface area contributed by atoms with Crippen LogP contribution in [0.1, 0.15) is 60.0 Å². The molecule has 9 nitrogen and oxygen atoms in total. The average molecular weight is 570 g/mol. The Hall–Kier alpha value is -4.22. The van der Waals surface area contributed by atoms with Gasteiger partial charge in [0.05, 0.1) is 35.7 Å². The van der Waals surface area contributed by atoms with Crippen LogP contribution < -0.4 is 5.32 Å². The smallest absolute Gasteiger partial charge is 0.419 e. The number of ether oxygens (including phenoxy) is 1. The normalized spacial score (nSPS) is 17.5. The monoisotopic (exact) mass is 569 g/mol. The van der Waals surface area contributed by atoms with Gasteiger partial charge < -0.3 is 20.1 Å². The topological polar surface area (TPSA) is 118 Å². The van der Waals surface area contributed by atoms with Gasteiger partial charge in [0.2, 0.25) is 5.95 Å². The molecule has 1 saturated carbocycles. The van der Waals surface area contributed by atoms with Crippen molar-refractivity contribution >= 4 is 23.7 Å². The standard InChI is InChI=1S/C29H30F3N5O4/c1-41-25(38)28(11-12-28)21(15-18-5-3-2-4-6-18)24-22(29(30,31)32)17-34-26(36-24)35-20-7-8-23(33-16-20)19-9-13-37(14-10-19)27(39)40/h2-8,16-17,19,21H,9-15H2,1H3,(H,39,40)(H,34,35,36). The number of esters is 1. The lowest BCUT2D eigenvalue weighted by Gasteiger charge is -2.29. The Morgan fingerprint density at radius 3 is 2.37 bits per heavy atom. The minimum Gasteiger partial charge on any atom is -0.469 e. The molecule has 0 spiro atoms. The van der Waals surface area contributed by atoms with Crippen molar-refractivity contribution in [2.24, 2.45) is 5.41 Å². The molecule has 1 aliphatic carbocycles. The van der Waals surface area contributed by atoms with Gasteiger partial charge in [0.15, 0.2) is 0 Å². The number of rotatable bonds is 8. The van der Waals surface area contributed by atoms with Gasteiger partial charge in [0.1, 0.15) is 0 Å². The summed E-state index contributed by atoms with van der Waals surface area (Å²) < 4.78 is 47.7. The second-order valence-corrected chi connectivity index (χ2v) is 10.5. The summed E-state index contributed by atoms with van der Waals surface area (Å²) in [6.07, 6.45) is -1.07. The van der Waals surface area contributed by atoms with Crippen molar-refractivity contribution in [3.8, 4) is 0 Å². The van der Waals surface area contributed by atoms with E-state index in [0.29, 0.717) is 44.5 Å². The van der Waals surface area contributed by atoms with E-state index in [1.54, 1.807) is 24.4 Å². The summed E-state index contributed by atoms with van der Waals surface area (Å²) in [5, 5.41) is 12.1. The van der Waals surface area contributed by atoms with Crippen LogP contribution in [0.15, 0.2) is 54.9 Å². The fourth-order valence-electron chi connectivity index (χ4n) is 5.59. The number of nitrogens with one attached hydrogen (secondary N) is 1. The molecule has 1 aromatic carbocycles. The van der Waals surface area contributed by atoms with Crippen molar-refractivity contribution in [2.75, 3.05) is 25.5 Å². The van der Waals surface area contributed by atoms with Crippen molar-refractivity contribution in [2.45, 2.75) is 50.1 Å². The molecular weight excluding hydrogens is 539 g/mol. The van der Waals surface area contributed by atoms with Crippen LogP contribution in [0.5, 0.6) is 0 Å². The lowest BCUT2D eigenvalue weighted by atomic mass is 9.80. The van der Waals surface area contributed by atoms with E-state index in [2.05, 4.69) is 20.3 Å². The molecule has 3 heterocycles. The molecule has 5 rings (SSSR count). The summed E-state index contributed by atoms with van der Waals surface area (Å²) in [7, 11) is 1.24. The fourth-order valence-corrected chi connectivity index (χ4v) is 5.59. The summed E-state index contributed by atoms with van der Waals surface area (Å²) >= 11 is 0. The van der Waals surface area contributed by atoms with E-state index in [-0.39, 0.29) is 24.0 Å². The minimum absolute atomic E-state index is 0.0453. The molecule has 2 fully saturated rings. The molecule has 1 saturated heterocycles. The molecule has 0 bridgehead atoms. The Balaban J connectivity index is 1.43. The molecule has 2 aromatic heterocycles. The molecule has 2 N–H and O–H groups in total. The summed E-state index contributed by atoms with van der Waals surface area (Å²) in [4.78, 5) is 38.2. The second-order valence-electron chi connectivity index (χ2n) is 10.5. The van der Waals surface area contributed by atoms with Crippen LogP contribution in [0.4, 0.5) is 29.6 Å². The van der Waals surface area contributed by atoms with E-state index in [1.807, 2.05) is 24.3 Å². The number of carbonyl (C=O) groups excluding carboxylic acids is 1. The number of hydrogen-bond acceptors (Lipinski definition) is 7. The molecule has 1 atom stereocenters. The third kappa shape index (κ3) is 6.10. The van der Waals surface area contributed by atoms with Gasteiger partial charge in [-0.05, 0) is 49.8 Å². The number of nitrogens with zero attached hydrogens (tertiary/aromatic N) is 4. The lowest BCUT2D eigenvalue weighted by Crippen LogP contribution is -2.36. The first-order valence-corrected chi connectivity index (χ1v) is 13.4. The molecule has 12 heteroatoms. The maximum absolute atomic E-state index is 14.2. The predicted octanol–water partition coefficient (Wildman–Crippen LogP) is 5.77. The zero-order valence-corrected chi connectivity index (χ0v) is 22.4. The van der Waals surface area contributed by atoms with Gasteiger partial charge >= 0.3 is 18.2 Å².